The van der Waals surface area contributed by atoms with E-state index in [2.05, 4.69) is 11.9 Å². The van der Waals surface area contributed by atoms with Gasteiger partial charge in [0.25, 0.3) is 5.91 Å². The van der Waals surface area contributed by atoms with Crippen molar-refractivity contribution in [2.24, 2.45) is 0 Å². The Morgan fingerprint density at radius 1 is 1.53 bits per heavy atom. The molecule has 0 radical (unpaired) electrons. The second-order valence-electron chi connectivity index (χ2n) is 3.97. The monoisotopic (exact) mass is 274 g/mol. The zero-order valence-corrected chi connectivity index (χ0v) is 11.4. The first kappa shape index (κ1) is 13.3. The third-order valence-corrected chi connectivity index (χ3v) is 3.00. The lowest BCUT2D eigenvalue weighted by molar-refractivity contribution is -0.122. The van der Waals surface area contributed by atoms with Gasteiger partial charge in [-0.1, -0.05) is 18.2 Å². The van der Waals surface area contributed by atoms with Crippen LogP contribution in [0.25, 0.3) is 6.08 Å². The first-order valence-electron chi connectivity index (χ1n) is 5.75. The number of methoxy groups -OCH3 is 1. The van der Waals surface area contributed by atoms with Gasteiger partial charge in [-0.15, -0.1) is 6.58 Å². The third-order valence-electron chi connectivity index (χ3n) is 2.68. The van der Waals surface area contributed by atoms with Crippen LogP contribution in [-0.2, 0) is 4.79 Å². The van der Waals surface area contributed by atoms with Crippen molar-refractivity contribution in [3.05, 3.63) is 48.2 Å². The van der Waals surface area contributed by atoms with Gasteiger partial charge in [0.2, 0.25) is 0 Å². The molecule has 5 heteroatoms. The highest BCUT2D eigenvalue weighted by Gasteiger charge is 2.29. The van der Waals surface area contributed by atoms with Gasteiger partial charge in [0, 0.05) is 6.54 Å². The maximum absolute atomic E-state index is 12.1. The van der Waals surface area contributed by atoms with Crippen molar-refractivity contribution >= 4 is 29.3 Å². The van der Waals surface area contributed by atoms with Gasteiger partial charge in [-0.05, 0) is 36.0 Å². The number of hydrogen-bond donors (Lipinski definition) is 1. The van der Waals surface area contributed by atoms with E-state index < -0.39 is 0 Å². The number of benzene rings is 1. The smallest absolute Gasteiger partial charge is 0.276 e. The van der Waals surface area contributed by atoms with E-state index in [0.717, 1.165) is 11.3 Å². The van der Waals surface area contributed by atoms with Crippen LogP contribution in [0, 0.1) is 0 Å². The van der Waals surface area contributed by atoms with Crippen molar-refractivity contribution in [1.29, 1.82) is 0 Å². The maximum atomic E-state index is 12.1. The van der Waals surface area contributed by atoms with Crippen molar-refractivity contribution in [3.8, 4) is 5.75 Å². The fourth-order valence-corrected chi connectivity index (χ4v) is 2.03. The van der Waals surface area contributed by atoms with Crippen LogP contribution in [0.4, 0.5) is 0 Å². The zero-order valence-electron chi connectivity index (χ0n) is 10.6. The molecule has 1 aliphatic rings. The lowest BCUT2D eigenvalue weighted by Crippen LogP contribution is -2.30. The lowest BCUT2D eigenvalue weighted by atomic mass is 10.2. The molecule has 1 aliphatic heterocycles. The van der Waals surface area contributed by atoms with Crippen molar-refractivity contribution in [3.63, 3.8) is 0 Å². The minimum Gasteiger partial charge on any atom is -0.497 e. The normalized spacial score (nSPS) is 16.7. The molecule has 0 bridgehead atoms. The molecule has 0 spiro atoms. The van der Waals surface area contributed by atoms with E-state index in [0.29, 0.717) is 17.4 Å². The summed E-state index contributed by atoms with van der Waals surface area (Å²) in [6.07, 6.45) is 3.39. The van der Waals surface area contributed by atoms with Crippen molar-refractivity contribution < 1.29 is 9.53 Å². The number of thiocarbonyl (C=S) groups is 1. The Morgan fingerprint density at radius 2 is 2.32 bits per heavy atom. The summed E-state index contributed by atoms with van der Waals surface area (Å²) in [5, 5.41) is 3.31. The van der Waals surface area contributed by atoms with Crippen molar-refractivity contribution in [2.45, 2.75) is 0 Å². The highest BCUT2D eigenvalue weighted by Crippen LogP contribution is 2.17. The van der Waals surface area contributed by atoms with E-state index in [1.165, 1.54) is 4.90 Å². The molecule has 0 aromatic heterocycles. The van der Waals surface area contributed by atoms with E-state index in [9.17, 15) is 4.79 Å². The minimum absolute atomic E-state index is 0.146. The van der Waals surface area contributed by atoms with Crippen LogP contribution in [0.2, 0.25) is 0 Å². The fraction of sp³-hybridized carbons (Fsp3) is 0.143. The Labute approximate surface area is 117 Å². The highest BCUT2D eigenvalue weighted by atomic mass is 32.1. The summed E-state index contributed by atoms with van der Waals surface area (Å²) in [5.41, 5.74) is 1.33. The van der Waals surface area contributed by atoms with Gasteiger partial charge < -0.3 is 10.1 Å². The molecule has 4 nitrogen and oxygen atoms in total. The summed E-state index contributed by atoms with van der Waals surface area (Å²) >= 11 is 5.11. The highest BCUT2D eigenvalue weighted by molar-refractivity contribution is 7.80. The number of amides is 1. The molecule has 0 atom stereocenters. The van der Waals surface area contributed by atoms with Crippen LogP contribution in [-0.4, -0.2) is 29.6 Å². The molecule has 1 amide bonds. The summed E-state index contributed by atoms with van der Waals surface area (Å²) in [6.45, 7) is 4.01. The first-order valence-corrected chi connectivity index (χ1v) is 6.16. The van der Waals surface area contributed by atoms with E-state index in [-0.39, 0.29) is 5.91 Å². The molecule has 1 saturated heterocycles. The van der Waals surface area contributed by atoms with Gasteiger partial charge >= 0.3 is 0 Å². The van der Waals surface area contributed by atoms with Gasteiger partial charge in [0.05, 0.1) is 7.11 Å². The Kier molecular flexibility index (Phi) is 3.97. The molecule has 1 aromatic carbocycles. The molecule has 1 fully saturated rings. The van der Waals surface area contributed by atoms with Gasteiger partial charge in [0.15, 0.2) is 5.11 Å². The molecule has 1 aromatic rings. The Morgan fingerprint density at radius 3 is 3.00 bits per heavy atom. The summed E-state index contributed by atoms with van der Waals surface area (Å²) in [5.74, 6) is 0.595. The number of carbonyl (C=O) groups is 1. The van der Waals surface area contributed by atoms with Crippen molar-refractivity contribution in [1.82, 2.24) is 10.2 Å². The summed E-state index contributed by atoms with van der Waals surface area (Å²) in [6, 6.07) is 7.45. The number of nitrogens with one attached hydrogen (secondary N) is 1. The fourth-order valence-electron chi connectivity index (χ4n) is 1.76. The molecule has 98 valence electrons. The molecule has 1 heterocycles. The van der Waals surface area contributed by atoms with Gasteiger partial charge in [-0.2, -0.15) is 0 Å². The van der Waals surface area contributed by atoms with Gasteiger partial charge in [-0.3, -0.25) is 9.69 Å². The SMILES string of the molecule is C=CCN1C(=O)/C(=C/c2cccc(OC)c2)NC1=S. The molecule has 1 N–H and O–H groups in total. The summed E-state index contributed by atoms with van der Waals surface area (Å²) in [4.78, 5) is 13.6. The summed E-state index contributed by atoms with van der Waals surface area (Å²) < 4.78 is 5.14. The van der Waals surface area contributed by atoms with Gasteiger partial charge in [0.1, 0.15) is 11.4 Å². The van der Waals surface area contributed by atoms with E-state index in [1.54, 1.807) is 19.3 Å². The molecular weight excluding hydrogens is 260 g/mol. The predicted octanol–water partition coefficient (Wildman–Crippen LogP) is 1.94. The number of hydrogen-bond acceptors (Lipinski definition) is 3. The second kappa shape index (κ2) is 5.67. The van der Waals surface area contributed by atoms with Crippen LogP contribution < -0.4 is 10.1 Å². The largest absolute Gasteiger partial charge is 0.497 e. The predicted molar refractivity (Wildman–Crippen MR) is 78.6 cm³/mol. The molecule has 0 saturated carbocycles. The second-order valence-corrected chi connectivity index (χ2v) is 4.36. The molecule has 2 rings (SSSR count). The number of nitrogens with zero attached hydrogens (tertiary/aromatic N) is 1. The molecular formula is C14H14N2O2S. The quantitative estimate of drug-likeness (QED) is 0.517. The Balaban J connectivity index is 2.26. The topological polar surface area (TPSA) is 41.6 Å². The molecule has 19 heavy (non-hydrogen) atoms. The minimum atomic E-state index is -0.146. The molecule has 0 aliphatic carbocycles. The van der Waals surface area contributed by atoms with E-state index in [4.69, 9.17) is 17.0 Å². The zero-order chi connectivity index (χ0) is 13.8. The van der Waals surface area contributed by atoms with Crippen LogP contribution in [0.3, 0.4) is 0 Å². The van der Waals surface area contributed by atoms with Crippen LogP contribution in [0.1, 0.15) is 5.56 Å². The van der Waals surface area contributed by atoms with Crippen molar-refractivity contribution in [2.75, 3.05) is 13.7 Å². The number of ether oxygens (including phenoxy) is 1. The van der Waals surface area contributed by atoms with Crippen LogP contribution in [0.5, 0.6) is 5.75 Å². The van der Waals surface area contributed by atoms with Crippen LogP contribution in [0.15, 0.2) is 42.6 Å². The van der Waals surface area contributed by atoms with Gasteiger partial charge in [-0.25, -0.2) is 0 Å². The molecule has 0 unspecified atom stereocenters. The first-order chi connectivity index (χ1) is 9.15. The Bertz CT molecular complexity index is 566. The third kappa shape index (κ3) is 2.82. The standard InChI is InChI=1S/C14H14N2O2S/c1-3-7-16-13(17)12(15-14(16)19)9-10-5-4-6-11(8-10)18-2/h3-6,8-9H,1,7H2,2H3,(H,15,19)/b12-9-. The van der Waals surface area contributed by atoms with E-state index >= 15 is 0 Å². The number of carbonyl (C=O) groups excluding carboxylic acids is 1. The summed E-state index contributed by atoms with van der Waals surface area (Å²) in [7, 11) is 1.60. The Hall–Kier alpha value is -2.14. The lowest BCUT2D eigenvalue weighted by Gasteiger charge is -2.09. The van der Waals surface area contributed by atoms with Crippen LogP contribution >= 0.6 is 12.2 Å². The maximum Gasteiger partial charge on any atom is 0.276 e. The number of rotatable bonds is 4. The van der Waals surface area contributed by atoms with E-state index in [1.807, 2.05) is 24.3 Å². The average Bonchev–Trinajstić information content (AvgIpc) is 2.67. The average molecular weight is 274 g/mol.